The van der Waals surface area contributed by atoms with Gasteiger partial charge in [0.05, 0.1) is 6.54 Å². The number of halogens is 4. The van der Waals surface area contributed by atoms with Gasteiger partial charge in [0.1, 0.15) is 6.54 Å². The summed E-state index contributed by atoms with van der Waals surface area (Å²) in [5.74, 6) is 0.365. The van der Waals surface area contributed by atoms with E-state index in [4.69, 9.17) is 0 Å². The van der Waals surface area contributed by atoms with Crippen LogP contribution in [0, 0.1) is 0 Å². The number of carbonyl (C=O) groups is 1. The number of rotatable bonds is 6. The van der Waals surface area contributed by atoms with E-state index in [1.165, 1.54) is 11.3 Å². The van der Waals surface area contributed by atoms with E-state index in [1.807, 2.05) is 6.92 Å². The van der Waals surface area contributed by atoms with E-state index in [0.717, 1.165) is 25.7 Å². The van der Waals surface area contributed by atoms with Crippen LogP contribution in [0.1, 0.15) is 45.4 Å². The van der Waals surface area contributed by atoms with Crippen LogP contribution in [0.25, 0.3) is 0 Å². The van der Waals surface area contributed by atoms with Gasteiger partial charge in [0.2, 0.25) is 5.91 Å². The number of carbonyl (C=O) groups excluding carboxylic acids is 1. The van der Waals surface area contributed by atoms with Crippen LogP contribution in [0.5, 0.6) is 0 Å². The fraction of sp³-hybridized carbons (Fsp3) is 0.882. The first-order chi connectivity index (χ1) is 12.4. The second kappa shape index (κ2) is 11.9. The van der Waals surface area contributed by atoms with Gasteiger partial charge in [-0.1, -0.05) is 19.3 Å². The molecule has 158 valence electrons. The maximum atomic E-state index is 12.5. The highest BCUT2D eigenvalue weighted by Gasteiger charge is 2.34. The molecule has 0 bridgehead atoms. The fourth-order valence-corrected chi connectivity index (χ4v) is 3.53. The number of aliphatic imine (C=N–C) groups is 1. The summed E-state index contributed by atoms with van der Waals surface area (Å²) in [6, 6.07) is 0.143. The number of nitrogens with one attached hydrogen (secondary N) is 3. The average Bonchev–Trinajstić information content (AvgIpc) is 2.99. The Balaban J connectivity index is 0.00000364. The molecule has 0 spiro atoms. The first-order valence-corrected chi connectivity index (χ1v) is 9.49. The normalized spacial score (nSPS) is 22.2. The van der Waals surface area contributed by atoms with Crippen molar-refractivity contribution in [2.24, 2.45) is 4.99 Å². The average molecular weight is 505 g/mol. The van der Waals surface area contributed by atoms with Crippen molar-refractivity contribution in [3.63, 3.8) is 0 Å². The Morgan fingerprint density at radius 2 is 1.81 bits per heavy atom. The molecule has 2 rings (SSSR count). The van der Waals surface area contributed by atoms with Crippen LogP contribution in [0.4, 0.5) is 13.2 Å². The van der Waals surface area contributed by atoms with E-state index in [-0.39, 0.29) is 48.5 Å². The van der Waals surface area contributed by atoms with Crippen LogP contribution in [-0.2, 0) is 4.79 Å². The number of hydrogen-bond acceptors (Lipinski definition) is 3. The molecule has 1 unspecified atom stereocenters. The van der Waals surface area contributed by atoms with Crippen LogP contribution in [0.2, 0.25) is 0 Å². The van der Waals surface area contributed by atoms with Crippen LogP contribution >= 0.6 is 24.0 Å². The van der Waals surface area contributed by atoms with Gasteiger partial charge >= 0.3 is 6.18 Å². The zero-order valence-electron chi connectivity index (χ0n) is 15.8. The SMILES string of the molecule is CCNC(=NCC(=O)NC1CCCCC1)NC1CCN(CC(F)(F)F)C1.I. The highest BCUT2D eigenvalue weighted by molar-refractivity contribution is 14.0. The van der Waals surface area contributed by atoms with Crippen molar-refractivity contribution in [3.8, 4) is 0 Å². The quantitative estimate of drug-likeness (QED) is 0.295. The summed E-state index contributed by atoms with van der Waals surface area (Å²) in [4.78, 5) is 17.7. The smallest absolute Gasteiger partial charge is 0.357 e. The van der Waals surface area contributed by atoms with Gasteiger partial charge in [-0.2, -0.15) is 13.2 Å². The summed E-state index contributed by atoms with van der Waals surface area (Å²) < 4.78 is 37.4. The Bertz CT molecular complexity index is 484. The van der Waals surface area contributed by atoms with Crippen molar-refractivity contribution in [1.29, 1.82) is 0 Å². The lowest BCUT2D eigenvalue weighted by molar-refractivity contribution is -0.143. The number of alkyl halides is 3. The van der Waals surface area contributed by atoms with Gasteiger partial charge in [-0.15, -0.1) is 24.0 Å². The van der Waals surface area contributed by atoms with Crippen LogP contribution < -0.4 is 16.0 Å². The minimum absolute atomic E-state index is 0. The largest absolute Gasteiger partial charge is 0.401 e. The van der Waals surface area contributed by atoms with Crippen molar-refractivity contribution in [2.45, 2.75) is 63.7 Å². The van der Waals surface area contributed by atoms with Gasteiger partial charge in [-0.3, -0.25) is 9.69 Å². The maximum Gasteiger partial charge on any atom is 0.401 e. The van der Waals surface area contributed by atoms with Crippen molar-refractivity contribution in [2.75, 3.05) is 32.7 Å². The number of hydrogen-bond donors (Lipinski definition) is 3. The molecule has 1 amide bonds. The second-order valence-corrected chi connectivity index (χ2v) is 7.08. The van der Waals surface area contributed by atoms with Crippen molar-refractivity contribution in [3.05, 3.63) is 0 Å². The molecule has 1 heterocycles. The maximum absolute atomic E-state index is 12.5. The van der Waals surface area contributed by atoms with Crippen LogP contribution in [-0.4, -0.2) is 67.8 Å². The summed E-state index contributed by atoms with van der Waals surface area (Å²) >= 11 is 0. The lowest BCUT2D eigenvalue weighted by atomic mass is 9.95. The Kier molecular flexibility index (Phi) is 10.7. The first-order valence-electron chi connectivity index (χ1n) is 9.49. The van der Waals surface area contributed by atoms with Crippen LogP contribution in [0.15, 0.2) is 4.99 Å². The van der Waals surface area contributed by atoms with Gasteiger partial charge < -0.3 is 16.0 Å². The molecule has 6 nitrogen and oxygen atoms in total. The third kappa shape index (κ3) is 9.82. The Morgan fingerprint density at radius 3 is 2.44 bits per heavy atom. The Hall–Kier alpha value is -0.780. The zero-order valence-corrected chi connectivity index (χ0v) is 18.1. The minimum Gasteiger partial charge on any atom is -0.357 e. The molecule has 10 heteroatoms. The highest BCUT2D eigenvalue weighted by Crippen LogP contribution is 2.20. The third-order valence-corrected chi connectivity index (χ3v) is 4.71. The van der Waals surface area contributed by atoms with E-state index in [1.54, 1.807) is 0 Å². The molecule has 2 fully saturated rings. The Morgan fingerprint density at radius 1 is 1.11 bits per heavy atom. The third-order valence-electron chi connectivity index (χ3n) is 4.71. The summed E-state index contributed by atoms with van der Waals surface area (Å²) in [5.41, 5.74) is 0. The molecule has 27 heavy (non-hydrogen) atoms. The number of amides is 1. The molecule has 1 aliphatic heterocycles. The molecule has 0 aromatic carbocycles. The topological polar surface area (TPSA) is 68.8 Å². The molecule has 1 saturated heterocycles. The van der Waals surface area contributed by atoms with E-state index in [9.17, 15) is 18.0 Å². The number of guanidine groups is 1. The zero-order chi connectivity index (χ0) is 19.0. The summed E-state index contributed by atoms with van der Waals surface area (Å²) in [7, 11) is 0. The molecule has 1 saturated carbocycles. The number of nitrogens with zero attached hydrogens (tertiary/aromatic N) is 2. The molecule has 0 aromatic rings. The second-order valence-electron chi connectivity index (χ2n) is 7.08. The summed E-state index contributed by atoms with van der Waals surface area (Å²) in [6.07, 6.45) is 2.00. The van der Waals surface area contributed by atoms with Gasteiger partial charge in [0.15, 0.2) is 5.96 Å². The minimum atomic E-state index is -4.18. The lowest BCUT2D eigenvalue weighted by Crippen LogP contribution is -2.46. The predicted molar refractivity (Wildman–Crippen MR) is 110 cm³/mol. The van der Waals surface area contributed by atoms with Gasteiger partial charge in [-0.25, -0.2) is 4.99 Å². The van der Waals surface area contributed by atoms with Gasteiger partial charge in [0.25, 0.3) is 0 Å². The molecule has 2 aliphatic rings. The molecular formula is C17H31F3IN5O. The first kappa shape index (κ1) is 24.3. The predicted octanol–water partition coefficient (Wildman–Crippen LogP) is 2.25. The fourth-order valence-electron chi connectivity index (χ4n) is 3.53. The van der Waals surface area contributed by atoms with E-state index < -0.39 is 12.7 Å². The molecule has 1 atom stereocenters. The Labute approximate surface area is 176 Å². The van der Waals surface area contributed by atoms with E-state index in [2.05, 4.69) is 20.9 Å². The van der Waals surface area contributed by atoms with Crippen molar-refractivity contribution < 1.29 is 18.0 Å². The molecular weight excluding hydrogens is 474 g/mol. The summed E-state index contributed by atoms with van der Waals surface area (Å²) in [5, 5.41) is 9.20. The van der Waals surface area contributed by atoms with Crippen molar-refractivity contribution in [1.82, 2.24) is 20.9 Å². The van der Waals surface area contributed by atoms with Gasteiger partial charge in [0, 0.05) is 31.7 Å². The van der Waals surface area contributed by atoms with E-state index >= 15 is 0 Å². The number of likely N-dealkylation sites (tertiary alicyclic amines) is 1. The van der Waals surface area contributed by atoms with E-state index in [0.29, 0.717) is 32.0 Å². The standard InChI is InChI=1S/C17H30F3N5O.HI/c1-2-21-16(22-10-15(26)23-13-6-4-3-5-7-13)24-14-8-9-25(11-14)12-17(18,19)20;/h13-14H,2-12H2,1H3,(H,23,26)(H2,21,22,24);1H. The van der Waals surface area contributed by atoms with Crippen molar-refractivity contribution >= 4 is 35.8 Å². The molecule has 0 aromatic heterocycles. The van der Waals surface area contributed by atoms with Crippen LogP contribution in [0.3, 0.4) is 0 Å². The lowest BCUT2D eigenvalue weighted by Gasteiger charge is -2.22. The van der Waals surface area contributed by atoms with Gasteiger partial charge in [-0.05, 0) is 26.2 Å². The molecule has 3 N–H and O–H groups in total. The monoisotopic (exact) mass is 505 g/mol. The summed E-state index contributed by atoms with van der Waals surface area (Å²) in [6.45, 7) is 2.38. The molecule has 1 aliphatic carbocycles. The highest BCUT2D eigenvalue weighted by atomic mass is 127. The molecule has 0 radical (unpaired) electrons.